The van der Waals surface area contributed by atoms with Crippen LogP contribution in [0.5, 0.6) is 5.75 Å². The van der Waals surface area contributed by atoms with Crippen molar-refractivity contribution in [2.24, 2.45) is 4.99 Å². The first-order valence-corrected chi connectivity index (χ1v) is 15.7. The summed E-state index contributed by atoms with van der Waals surface area (Å²) < 4.78 is 15.6. The molecule has 2 aromatic heterocycles. The molecule has 220 valence electrons. The molecular formula is C34H32ClN3O4S. The first-order valence-electron chi connectivity index (χ1n) is 14.5. The lowest BCUT2D eigenvalue weighted by molar-refractivity contribution is -0.139. The van der Waals surface area contributed by atoms with E-state index in [1.807, 2.05) is 25.1 Å². The van der Waals surface area contributed by atoms with Gasteiger partial charge < -0.3 is 14.0 Å². The molecule has 9 heteroatoms. The van der Waals surface area contributed by atoms with Crippen LogP contribution in [0.1, 0.15) is 50.8 Å². The second-order valence-corrected chi connectivity index (χ2v) is 11.8. The predicted molar refractivity (Wildman–Crippen MR) is 173 cm³/mol. The van der Waals surface area contributed by atoms with Crippen molar-refractivity contribution in [2.45, 2.75) is 46.2 Å². The number of ether oxygens (including phenoxy) is 2. The third-order valence-corrected chi connectivity index (χ3v) is 9.01. The van der Waals surface area contributed by atoms with Gasteiger partial charge in [0.1, 0.15) is 11.8 Å². The molecule has 1 aliphatic heterocycles. The molecule has 0 saturated heterocycles. The number of rotatable bonds is 8. The summed E-state index contributed by atoms with van der Waals surface area (Å²) in [5.74, 6) is 0.00932. The number of halogens is 1. The summed E-state index contributed by atoms with van der Waals surface area (Å²) in [6.07, 6.45) is 3.22. The van der Waals surface area contributed by atoms with Gasteiger partial charge in [0.15, 0.2) is 4.80 Å². The van der Waals surface area contributed by atoms with Gasteiger partial charge >= 0.3 is 5.97 Å². The maximum absolute atomic E-state index is 14.2. The molecule has 0 N–H and O–H groups in total. The molecule has 1 atom stereocenters. The Bertz CT molecular complexity index is 2100. The van der Waals surface area contributed by atoms with E-state index in [1.54, 1.807) is 36.8 Å². The Labute approximate surface area is 258 Å². The van der Waals surface area contributed by atoms with Crippen LogP contribution in [-0.2, 0) is 16.1 Å². The molecular weight excluding hydrogens is 582 g/mol. The fourth-order valence-electron chi connectivity index (χ4n) is 5.99. The number of para-hydroxylation sites is 1. The van der Waals surface area contributed by atoms with Crippen LogP contribution in [0.25, 0.3) is 27.9 Å². The second-order valence-electron chi connectivity index (χ2n) is 10.3. The molecule has 0 saturated carbocycles. The van der Waals surface area contributed by atoms with E-state index in [0.717, 1.165) is 29.4 Å². The number of aryl methyl sites for hydroxylation is 1. The summed E-state index contributed by atoms with van der Waals surface area (Å²) in [5.41, 5.74) is 4.53. The van der Waals surface area contributed by atoms with Crippen molar-refractivity contribution in [2.75, 3.05) is 13.7 Å². The van der Waals surface area contributed by atoms with Gasteiger partial charge in [-0.3, -0.25) is 9.36 Å². The number of benzene rings is 3. The number of hydrogen-bond donors (Lipinski definition) is 0. The molecule has 0 unspecified atom stereocenters. The number of aromatic nitrogens is 2. The summed E-state index contributed by atoms with van der Waals surface area (Å²) in [6, 6.07) is 19.1. The Morgan fingerprint density at radius 1 is 1.05 bits per heavy atom. The maximum Gasteiger partial charge on any atom is 0.338 e. The Kier molecular flexibility index (Phi) is 7.99. The zero-order chi connectivity index (χ0) is 30.2. The summed E-state index contributed by atoms with van der Waals surface area (Å²) >= 11 is 7.77. The van der Waals surface area contributed by atoms with Crippen LogP contribution in [0, 0.1) is 0 Å². The monoisotopic (exact) mass is 613 g/mol. The lowest BCUT2D eigenvalue weighted by Crippen LogP contribution is -2.40. The number of hydrogen-bond acceptors (Lipinski definition) is 6. The number of thiazole rings is 1. The lowest BCUT2D eigenvalue weighted by Gasteiger charge is -2.27. The first kappa shape index (κ1) is 29.0. The maximum atomic E-state index is 14.2. The van der Waals surface area contributed by atoms with Gasteiger partial charge in [0, 0.05) is 38.9 Å². The molecule has 1 aliphatic rings. The van der Waals surface area contributed by atoms with Crippen molar-refractivity contribution in [1.29, 1.82) is 0 Å². The van der Waals surface area contributed by atoms with Crippen molar-refractivity contribution < 1.29 is 14.3 Å². The zero-order valence-corrected chi connectivity index (χ0v) is 26.1. The van der Waals surface area contributed by atoms with Gasteiger partial charge in [0.2, 0.25) is 0 Å². The highest BCUT2D eigenvalue weighted by atomic mass is 35.5. The minimum Gasteiger partial charge on any atom is -0.496 e. The van der Waals surface area contributed by atoms with Crippen molar-refractivity contribution in [3.8, 4) is 5.75 Å². The van der Waals surface area contributed by atoms with Gasteiger partial charge in [-0.25, -0.2) is 9.79 Å². The molecule has 7 nitrogen and oxygen atoms in total. The average Bonchev–Trinajstić information content (AvgIpc) is 3.49. The first-order chi connectivity index (χ1) is 20.9. The molecule has 0 aliphatic carbocycles. The topological polar surface area (TPSA) is 74.8 Å². The van der Waals surface area contributed by atoms with Gasteiger partial charge in [-0.15, -0.1) is 0 Å². The van der Waals surface area contributed by atoms with Crippen LogP contribution in [0.3, 0.4) is 0 Å². The molecule has 3 heterocycles. The van der Waals surface area contributed by atoms with Gasteiger partial charge in [0.25, 0.3) is 5.56 Å². The zero-order valence-electron chi connectivity index (χ0n) is 24.5. The number of allylic oxidation sites excluding steroid dienone is 1. The van der Waals surface area contributed by atoms with E-state index in [-0.39, 0.29) is 12.2 Å². The average molecular weight is 614 g/mol. The molecule has 6 rings (SSSR count). The molecule has 5 aromatic rings. The highest BCUT2D eigenvalue weighted by Gasteiger charge is 2.36. The van der Waals surface area contributed by atoms with Crippen LogP contribution in [0.15, 0.2) is 81.7 Å². The fraction of sp³-hybridized carbons (Fsp3) is 0.265. The highest BCUT2D eigenvalue weighted by Crippen LogP contribution is 2.38. The third kappa shape index (κ3) is 4.98. The SMILES string of the molecule is CCCC1=C(C(=O)OCC)[C@@H](c2cc(Cl)ccc2OC)n2c(s/c(=C/c3ccc4c(c3)c3ccccc3n4CC)c2=O)=N1. The van der Waals surface area contributed by atoms with Crippen molar-refractivity contribution in [1.82, 2.24) is 9.13 Å². The van der Waals surface area contributed by atoms with Crippen molar-refractivity contribution >= 4 is 56.8 Å². The Morgan fingerprint density at radius 2 is 1.84 bits per heavy atom. The highest BCUT2D eigenvalue weighted by molar-refractivity contribution is 7.07. The molecule has 43 heavy (non-hydrogen) atoms. The predicted octanol–water partition coefficient (Wildman–Crippen LogP) is 6.37. The lowest BCUT2D eigenvalue weighted by atomic mass is 9.93. The number of methoxy groups -OCH3 is 1. The van der Waals surface area contributed by atoms with E-state index in [2.05, 4.69) is 41.8 Å². The van der Waals surface area contributed by atoms with E-state index in [0.29, 0.717) is 43.4 Å². The van der Waals surface area contributed by atoms with Gasteiger partial charge in [-0.2, -0.15) is 0 Å². The van der Waals surface area contributed by atoms with Crippen LogP contribution in [-0.4, -0.2) is 28.8 Å². The number of carbonyl (C=O) groups is 1. The largest absolute Gasteiger partial charge is 0.496 e. The van der Waals surface area contributed by atoms with Crippen LogP contribution in [0.4, 0.5) is 0 Å². The Balaban J connectivity index is 1.60. The molecule has 0 fully saturated rings. The molecule has 0 bridgehead atoms. The van der Waals surface area contributed by atoms with E-state index in [1.165, 1.54) is 22.2 Å². The number of fused-ring (bicyclic) bond motifs is 4. The van der Waals surface area contributed by atoms with Gasteiger partial charge in [-0.1, -0.05) is 60.5 Å². The standard InChI is InChI=1S/C34H32ClN3O4S/c1-5-10-25-30(33(40)42-7-3)31(24-19-21(35)14-16-28(24)41-4)38-32(39)29(43-34(38)36-25)18-20-13-15-27-23(17-20)22-11-8-9-12-26(22)37(27)6-2/h8-9,11-19,31H,5-7,10H2,1-4H3/b29-18+/t31-/m1/s1. The summed E-state index contributed by atoms with van der Waals surface area (Å²) in [7, 11) is 1.56. The number of esters is 1. The van der Waals surface area contributed by atoms with Gasteiger partial charge in [0.05, 0.1) is 29.5 Å². The summed E-state index contributed by atoms with van der Waals surface area (Å²) in [4.78, 5) is 33.1. The minimum absolute atomic E-state index is 0.197. The smallest absolute Gasteiger partial charge is 0.338 e. The van der Waals surface area contributed by atoms with Crippen LogP contribution >= 0.6 is 22.9 Å². The molecule has 3 aromatic carbocycles. The van der Waals surface area contributed by atoms with Crippen LogP contribution < -0.4 is 19.6 Å². The van der Waals surface area contributed by atoms with E-state index >= 15 is 0 Å². The Morgan fingerprint density at radius 3 is 2.58 bits per heavy atom. The summed E-state index contributed by atoms with van der Waals surface area (Å²) in [6.45, 7) is 6.99. The normalized spacial score (nSPS) is 15.2. The number of carbonyl (C=O) groups excluding carboxylic acids is 1. The third-order valence-electron chi connectivity index (χ3n) is 7.79. The summed E-state index contributed by atoms with van der Waals surface area (Å²) in [5, 5.41) is 2.78. The number of nitrogens with zero attached hydrogens (tertiary/aromatic N) is 3. The quantitative estimate of drug-likeness (QED) is 0.191. The van der Waals surface area contributed by atoms with Gasteiger partial charge in [-0.05, 0) is 68.3 Å². The van der Waals surface area contributed by atoms with E-state index in [4.69, 9.17) is 26.1 Å². The van der Waals surface area contributed by atoms with Crippen molar-refractivity contribution in [3.63, 3.8) is 0 Å². The minimum atomic E-state index is -0.808. The molecule has 0 radical (unpaired) electrons. The molecule has 0 spiro atoms. The van der Waals surface area contributed by atoms with Crippen LogP contribution in [0.2, 0.25) is 5.02 Å². The second kappa shape index (κ2) is 11.9. The van der Waals surface area contributed by atoms with E-state index in [9.17, 15) is 9.59 Å². The Hall–Kier alpha value is -4.14. The fourth-order valence-corrected chi connectivity index (χ4v) is 7.19. The van der Waals surface area contributed by atoms with Crippen molar-refractivity contribution in [3.05, 3.63) is 108 Å². The van der Waals surface area contributed by atoms with E-state index < -0.39 is 12.0 Å². The molecule has 0 amide bonds.